The van der Waals surface area contributed by atoms with Crippen LogP contribution in [0.2, 0.25) is 0 Å². The van der Waals surface area contributed by atoms with Gasteiger partial charge in [-0.25, -0.2) is 9.69 Å². The molecule has 7 heteroatoms. The standard InChI is InChI=1S/C28H27N3O4/c1-6-13-35-24-11-9-22(10-12-24)30-19(4)15-21(20(30)5)16-25-26(32)29-28(34)31(27(25)33)23-8-7-17(2)18(3)14-23/h6-12,14-16H,1,13H2,2-5H3,(H,29,32,34)/b25-16+. The lowest BCUT2D eigenvalue weighted by Crippen LogP contribution is -2.54. The van der Waals surface area contributed by atoms with Gasteiger partial charge >= 0.3 is 6.03 Å². The summed E-state index contributed by atoms with van der Waals surface area (Å²) in [5.41, 5.74) is 5.71. The summed E-state index contributed by atoms with van der Waals surface area (Å²) < 4.78 is 7.58. The van der Waals surface area contributed by atoms with E-state index in [1.54, 1.807) is 24.3 Å². The third kappa shape index (κ3) is 4.53. The lowest BCUT2D eigenvalue weighted by Gasteiger charge is -2.26. The van der Waals surface area contributed by atoms with Gasteiger partial charge in [-0.05, 0) is 92.9 Å². The van der Waals surface area contributed by atoms with E-state index in [9.17, 15) is 14.4 Å². The summed E-state index contributed by atoms with van der Waals surface area (Å²) in [6.07, 6.45) is 3.23. The van der Waals surface area contributed by atoms with E-state index >= 15 is 0 Å². The Kier molecular flexibility index (Phi) is 6.42. The third-order valence-electron chi connectivity index (χ3n) is 6.08. The van der Waals surface area contributed by atoms with Crippen molar-refractivity contribution in [3.63, 3.8) is 0 Å². The minimum Gasteiger partial charge on any atom is -0.490 e. The number of amides is 4. The van der Waals surface area contributed by atoms with Crippen molar-refractivity contribution in [3.05, 3.63) is 94.8 Å². The van der Waals surface area contributed by atoms with Gasteiger partial charge in [-0.1, -0.05) is 18.7 Å². The molecule has 0 aliphatic carbocycles. The Morgan fingerprint density at radius 3 is 2.26 bits per heavy atom. The number of imide groups is 2. The molecule has 4 amide bonds. The second-order valence-electron chi connectivity index (χ2n) is 8.48. The molecule has 3 aromatic rings. The molecule has 1 aromatic heterocycles. The van der Waals surface area contributed by atoms with Crippen LogP contribution < -0.4 is 15.0 Å². The molecular formula is C28H27N3O4. The van der Waals surface area contributed by atoms with Crippen molar-refractivity contribution in [2.45, 2.75) is 27.7 Å². The number of nitrogens with zero attached hydrogens (tertiary/aromatic N) is 2. The highest BCUT2D eigenvalue weighted by molar-refractivity contribution is 6.39. The predicted molar refractivity (Wildman–Crippen MR) is 136 cm³/mol. The lowest BCUT2D eigenvalue weighted by molar-refractivity contribution is -0.122. The van der Waals surface area contributed by atoms with Gasteiger partial charge in [0.2, 0.25) is 0 Å². The van der Waals surface area contributed by atoms with Crippen LogP contribution in [-0.4, -0.2) is 29.0 Å². The van der Waals surface area contributed by atoms with Crippen LogP contribution in [0.25, 0.3) is 11.8 Å². The molecule has 1 aliphatic rings. The number of hydrogen-bond acceptors (Lipinski definition) is 4. The number of aryl methyl sites for hydroxylation is 3. The number of urea groups is 1. The number of nitrogens with one attached hydrogen (secondary N) is 1. The second kappa shape index (κ2) is 9.46. The van der Waals surface area contributed by atoms with Crippen molar-refractivity contribution in [1.29, 1.82) is 0 Å². The highest BCUT2D eigenvalue weighted by atomic mass is 16.5. The van der Waals surface area contributed by atoms with Gasteiger partial charge in [0, 0.05) is 17.1 Å². The van der Waals surface area contributed by atoms with Crippen molar-refractivity contribution in [2.75, 3.05) is 11.5 Å². The molecular weight excluding hydrogens is 442 g/mol. The molecule has 0 spiro atoms. The Labute approximate surface area is 204 Å². The van der Waals surface area contributed by atoms with E-state index < -0.39 is 17.8 Å². The molecule has 0 radical (unpaired) electrons. The van der Waals surface area contributed by atoms with Gasteiger partial charge in [0.1, 0.15) is 17.9 Å². The summed E-state index contributed by atoms with van der Waals surface area (Å²) in [6, 6.07) is 14.1. The number of barbiturate groups is 1. The van der Waals surface area contributed by atoms with Crippen molar-refractivity contribution in [1.82, 2.24) is 9.88 Å². The van der Waals surface area contributed by atoms with Crippen LogP contribution in [0, 0.1) is 27.7 Å². The Balaban J connectivity index is 1.70. The van der Waals surface area contributed by atoms with Gasteiger partial charge in [-0.2, -0.15) is 0 Å². The van der Waals surface area contributed by atoms with E-state index in [4.69, 9.17) is 4.74 Å². The highest BCUT2D eigenvalue weighted by Gasteiger charge is 2.37. The van der Waals surface area contributed by atoms with Crippen molar-refractivity contribution in [3.8, 4) is 11.4 Å². The van der Waals surface area contributed by atoms with Crippen LogP contribution in [0.1, 0.15) is 28.1 Å². The van der Waals surface area contributed by atoms with Crippen LogP contribution in [0.5, 0.6) is 5.75 Å². The Bertz CT molecular complexity index is 1380. The lowest BCUT2D eigenvalue weighted by atomic mass is 10.1. The highest BCUT2D eigenvalue weighted by Crippen LogP contribution is 2.27. The zero-order valence-electron chi connectivity index (χ0n) is 20.2. The zero-order chi connectivity index (χ0) is 25.3. The average molecular weight is 470 g/mol. The van der Waals surface area contributed by atoms with Crippen LogP contribution in [0.3, 0.4) is 0 Å². The second-order valence-corrected chi connectivity index (χ2v) is 8.48. The number of anilines is 1. The summed E-state index contributed by atoms with van der Waals surface area (Å²) >= 11 is 0. The first kappa shape index (κ1) is 23.8. The topological polar surface area (TPSA) is 80.6 Å². The molecule has 7 nitrogen and oxygen atoms in total. The van der Waals surface area contributed by atoms with E-state index in [1.807, 2.05) is 68.7 Å². The van der Waals surface area contributed by atoms with Crippen molar-refractivity contribution >= 4 is 29.6 Å². The molecule has 1 saturated heterocycles. The SMILES string of the molecule is C=CCOc1ccc(-n2c(C)cc(/C=C3\C(=O)NC(=O)N(c4ccc(C)c(C)c4)C3=O)c2C)cc1. The fraction of sp³-hybridized carbons (Fsp3) is 0.179. The minimum atomic E-state index is -0.760. The quantitative estimate of drug-likeness (QED) is 0.315. The van der Waals surface area contributed by atoms with Crippen molar-refractivity contribution in [2.24, 2.45) is 0 Å². The molecule has 0 saturated carbocycles. The molecule has 0 bridgehead atoms. The maximum atomic E-state index is 13.3. The number of hydrogen-bond donors (Lipinski definition) is 1. The molecule has 4 rings (SSSR count). The number of benzene rings is 2. The van der Waals surface area contributed by atoms with Crippen LogP contribution in [0.4, 0.5) is 10.5 Å². The number of carbonyl (C=O) groups excluding carboxylic acids is 3. The van der Waals surface area contributed by atoms with Crippen molar-refractivity contribution < 1.29 is 19.1 Å². The van der Waals surface area contributed by atoms with Gasteiger partial charge in [0.05, 0.1) is 5.69 Å². The smallest absolute Gasteiger partial charge is 0.335 e. The minimum absolute atomic E-state index is 0.101. The first-order valence-electron chi connectivity index (χ1n) is 11.2. The largest absolute Gasteiger partial charge is 0.490 e. The summed E-state index contributed by atoms with van der Waals surface area (Å²) in [4.78, 5) is 39.5. The first-order chi connectivity index (χ1) is 16.7. The molecule has 1 aliphatic heterocycles. The molecule has 0 atom stereocenters. The van der Waals surface area contributed by atoms with E-state index in [0.717, 1.165) is 38.9 Å². The van der Waals surface area contributed by atoms with Gasteiger partial charge in [-0.15, -0.1) is 0 Å². The van der Waals surface area contributed by atoms with E-state index in [1.165, 1.54) is 0 Å². The number of rotatable bonds is 6. The monoisotopic (exact) mass is 469 g/mol. The van der Waals surface area contributed by atoms with Gasteiger partial charge in [0.25, 0.3) is 11.8 Å². The summed E-state index contributed by atoms with van der Waals surface area (Å²) in [6.45, 7) is 11.8. The maximum Gasteiger partial charge on any atom is 0.335 e. The predicted octanol–water partition coefficient (Wildman–Crippen LogP) is 4.94. The average Bonchev–Trinajstić information content (AvgIpc) is 3.10. The number of ether oxygens (including phenoxy) is 1. The fourth-order valence-electron chi connectivity index (χ4n) is 4.09. The molecule has 2 aromatic carbocycles. The Morgan fingerprint density at radius 1 is 0.914 bits per heavy atom. The number of aromatic nitrogens is 1. The molecule has 35 heavy (non-hydrogen) atoms. The van der Waals surface area contributed by atoms with Gasteiger partial charge in [0.15, 0.2) is 0 Å². The van der Waals surface area contributed by atoms with Gasteiger partial charge < -0.3 is 9.30 Å². The third-order valence-corrected chi connectivity index (χ3v) is 6.08. The van der Waals surface area contributed by atoms with Crippen LogP contribution in [0.15, 0.2) is 66.8 Å². The molecule has 0 unspecified atom stereocenters. The van der Waals surface area contributed by atoms with Crippen LogP contribution in [-0.2, 0) is 9.59 Å². The molecule has 1 fully saturated rings. The normalized spacial score (nSPS) is 14.9. The Hall–Kier alpha value is -4.39. The molecule has 1 N–H and O–H groups in total. The van der Waals surface area contributed by atoms with E-state index in [-0.39, 0.29) is 5.57 Å². The Morgan fingerprint density at radius 2 is 1.60 bits per heavy atom. The zero-order valence-corrected chi connectivity index (χ0v) is 20.2. The summed E-state index contributed by atoms with van der Waals surface area (Å²) in [5, 5.41) is 2.29. The molecule has 178 valence electrons. The van der Waals surface area contributed by atoms with E-state index in [0.29, 0.717) is 17.9 Å². The summed E-state index contributed by atoms with van der Waals surface area (Å²) in [5.74, 6) is -0.636. The van der Waals surface area contributed by atoms with Gasteiger partial charge in [-0.3, -0.25) is 14.9 Å². The number of carbonyl (C=O) groups is 3. The van der Waals surface area contributed by atoms with E-state index in [2.05, 4.69) is 11.9 Å². The first-order valence-corrected chi connectivity index (χ1v) is 11.2. The summed E-state index contributed by atoms with van der Waals surface area (Å²) in [7, 11) is 0. The van der Waals surface area contributed by atoms with Crippen LogP contribution >= 0.6 is 0 Å². The molecule has 2 heterocycles. The maximum absolute atomic E-state index is 13.3. The fourth-order valence-corrected chi connectivity index (χ4v) is 4.09.